The van der Waals surface area contributed by atoms with E-state index in [0.717, 1.165) is 0 Å². The Morgan fingerprint density at radius 1 is 1.37 bits per heavy atom. The standard InChI is InChI=1S/C11H14N4O3S/c1-15-7-10(11(12)13-15)19(16,17)14-8-5-3-4-6-9(8)18-2/h3-7,14H,1-2H3,(H2,12,13). The van der Waals surface area contributed by atoms with E-state index < -0.39 is 10.0 Å². The summed E-state index contributed by atoms with van der Waals surface area (Å²) in [6.45, 7) is 0. The largest absolute Gasteiger partial charge is 0.495 e. The molecule has 0 unspecified atom stereocenters. The van der Waals surface area contributed by atoms with Crippen molar-refractivity contribution in [1.82, 2.24) is 9.78 Å². The highest BCUT2D eigenvalue weighted by molar-refractivity contribution is 7.92. The first-order valence-corrected chi connectivity index (χ1v) is 6.87. The molecular formula is C11H14N4O3S. The molecule has 0 aliphatic carbocycles. The first-order chi connectivity index (χ1) is 8.94. The van der Waals surface area contributed by atoms with Crippen molar-refractivity contribution in [2.45, 2.75) is 4.90 Å². The Labute approximate surface area is 111 Å². The number of nitrogens with one attached hydrogen (secondary N) is 1. The molecular weight excluding hydrogens is 268 g/mol. The summed E-state index contributed by atoms with van der Waals surface area (Å²) < 4.78 is 33.3. The molecule has 0 aliphatic rings. The zero-order chi connectivity index (χ0) is 14.0. The quantitative estimate of drug-likeness (QED) is 0.864. The number of aromatic nitrogens is 2. The number of benzene rings is 1. The van der Waals surface area contributed by atoms with E-state index >= 15 is 0 Å². The van der Waals surface area contributed by atoms with Crippen LogP contribution < -0.4 is 15.2 Å². The van der Waals surface area contributed by atoms with E-state index in [4.69, 9.17) is 10.5 Å². The van der Waals surface area contributed by atoms with Crippen LogP contribution in [0.4, 0.5) is 11.5 Å². The number of ether oxygens (including phenoxy) is 1. The molecule has 0 amide bonds. The van der Waals surface area contributed by atoms with Gasteiger partial charge in [0.2, 0.25) is 0 Å². The topological polar surface area (TPSA) is 99.2 Å². The summed E-state index contributed by atoms with van der Waals surface area (Å²) >= 11 is 0. The number of sulfonamides is 1. The van der Waals surface area contributed by atoms with E-state index in [1.54, 1.807) is 31.3 Å². The summed E-state index contributed by atoms with van der Waals surface area (Å²) in [6, 6.07) is 6.70. The molecule has 0 radical (unpaired) electrons. The smallest absolute Gasteiger partial charge is 0.267 e. The second-order valence-electron chi connectivity index (χ2n) is 3.86. The molecule has 1 aromatic heterocycles. The maximum Gasteiger partial charge on any atom is 0.267 e. The number of anilines is 2. The molecule has 2 rings (SSSR count). The summed E-state index contributed by atoms with van der Waals surface area (Å²) in [5, 5.41) is 3.81. The van der Waals surface area contributed by atoms with Crippen LogP contribution in [0.25, 0.3) is 0 Å². The Bertz CT molecular complexity index is 694. The lowest BCUT2D eigenvalue weighted by Crippen LogP contribution is -2.14. The van der Waals surface area contributed by atoms with Gasteiger partial charge in [0, 0.05) is 13.2 Å². The Kier molecular flexibility index (Phi) is 3.34. The van der Waals surface area contributed by atoms with Gasteiger partial charge in [0.1, 0.15) is 10.6 Å². The molecule has 0 aliphatic heterocycles. The van der Waals surface area contributed by atoms with Crippen molar-refractivity contribution in [3.63, 3.8) is 0 Å². The lowest BCUT2D eigenvalue weighted by molar-refractivity contribution is 0.417. The number of para-hydroxylation sites is 2. The van der Waals surface area contributed by atoms with Crippen molar-refractivity contribution >= 4 is 21.5 Å². The van der Waals surface area contributed by atoms with Gasteiger partial charge in [-0.2, -0.15) is 5.10 Å². The lowest BCUT2D eigenvalue weighted by atomic mass is 10.3. The summed E-state index contributed by atoms with van der Waals surface area (Å²) in [5.74, 6) is 0.374. The van der Waals surface area contributed by atoms with Crippen molar-refractivity contribution in [2.24, 2.45) is 7.05 Å². The van der Waals surface area contributed by atoms with Gasteiger partial charge in [0.05, 0.1) is 12.8 Å². The minimum Gasteiger partial charge on any atom is -0.495 e. The maximum absolute atomic E-state index is 12.2. The number of nitrogens with zero attached hydrogens (tertiary/aromatic N) is 2. The second-order valence-corrected chi connectivity index (χ2v) is 5.51. The molecule has 3 N–H and O–H groups in total. The molecule has 1 heterocycles. The van der Waals surface area contributed by atoms with Gasteiger partial charge < -0.3 is 10.5 Å². The highest BCUT2D eigenvalue weighted by Gasteiger charge is 2.21. The molecule has 2 aromatic rings. The minimum atomic E-state index is -3.79. The van der Waals surface area contributed by atoms with Gasteiger partial charge in [0.15, 0.2) is 5.82 Å². The van der Waals surface area contributed by atoms with Crippen LogP contribution in [-0.4, -0.2) is 25.3 Å². The van der Waals surface area contributed by atoms with Gasteiger partial charge >= 0.3 is 0 Å². The zero-order valence-electron chi connectivity index (χ0n) is 10.5. The predicted octanol–water partition coefficient (Wildman–Crippen LogP) is 0.812. The number of aryl methyl sites for hydroxylation is 1. The molecule has 0 spiro atoms. The van der Waals surface area contributed by atoms with Gasteiger partial charge in [-0.1, -0.05) is 12.1 Å². The van der Waals surface area contributed by atoms with E-state index in [-0.39, 0.29) is 10.7 Å². The number of methoxy groups -OCH3 is 1. The third-order valence-electron chi connectivity index (χ3n) is 2.46. The fourth-order valence-electron chi connectivity index (χ4n) is 1.62. The molecule has 7 nitrogen and oxygen atoms in total. The first kappa shape index (κ1) is 13.2. The van der Waals surface area contributed by atoms with Crippen LogP contribution in [0.5, 0.6) is 5.75 Å². The van der Waals surface area contributed by atoms with Crippen LogP contribution >= 0.6 is 0 Å². The van der Waals surface area contributed by atoms with Crippen molar-refractivity contribution < 1.29 is 13.2 Å². The molecule has 0 saturated heterocycles. The van der Waals surface area contributed by atoms with Gasteiger partial charge in [-0.25, -0.2) is 8.42 Å². The third-order valence-corrected chi connectivity index (χ3v) is 3.85. The molecule has 8 heteroatoms. The average molecular weight is 282 g/mol. The molecule has 0 atom stereocenters. The van der Waals surface area contributed by atoms with E-state index in [1.165, 1.54) is 18.0 Å². The van der Waals surface area contributed by atoms with Crippen molar-refractivity contribution in [1.29, 1.82) is 0 Å². The Morgan fingerprint density at radius 3 is 2.63 bits per heavy atom. The molecule has 0 saturated carbocycles. The van der Waals surface area contributed by atoms with Crippen LogP contribution in [0.15, 0.2) is 35.4 Å². The van der Waals surface area contributed by atoms with Crippen molar-refractivity contribution in [3.05, 3.63) is 30.5 Å². The second kappa shape index (κ2) is 4.81. The Hall–Kier alpha value is -2.22. The first-order valence-electron chi connectivity index (χ1n) is 5.39. The third kappa shape index (κ3) is 2.63. The molecule has 1 aromatic carbocycles. The van der Waals surface area contributed by atoms with E-state index in [2.05, 4.69) is 9.82 Å². The molecule has 0 fully saturated rings. The van der Waals surface area contributed by atoms with Crippen LogP contribution in [0.3, 0.4) is 0 Å². The number of nitrogens with two attached hydrogens (primary N) is 1. The summed E-state index contributed by atoms with van der Waals surface area (Å²) in [4.78, 5) is -0.0686. The minimum absolute atomic E-state index is 0.0510. The summed E-state index contributed by atoms with van der Waals surface area (Å²) in [6.07, 6.45) is 1.34. The molecule has 19 heavy (non-hydrogen) atoms. The fraction of sp³-hybridized carbons (Fsp3) is 0.182. The SMILES string of the molecule is COc1ccccc1NS(=O)(=O)c1cn(C)nc1N. The van der Waals surface area contributed by atoms with Gasteiger partial charge in [-0.3, -0.25) is 9.40 Å². The maximum atomic E-state index is 12.2. The number of nitrogen functional groups attached to an aromatic ring is 1. The van der Waals surface area contributed by atoms with Gasteiger partial charge in [-0.05, 0) is 12.1 Å². The monoisotopic (exact) mass is 282 g/mol. The van der Waals surface area contributed by atoms with Gasteiger partial charge in [-0.15, -0.1) is 0 Å². The fourth-order valence-corrected chi connectivity index (χ4v) is 2.80. The highest BCUT2D eigenvalue weighted by Crippen LogP contribution is 2.27. The van der Waals surface area contributed by atoms with Crippen LogP contribution in [0.1, 0.15) is 0 Å². The molecule has 0 bridgehead atoms. The lowest BCUT2D eigenvalue weighted by Gasteiger charge is -2.10. The Morgan fingerprint density at radius 2 is 2.05 bits per heavy atom. The predicted molar refractivity (Wildman–Crippen MR) is 71.4 cm³/mol. The normalized spacial score (nSPS) is 11.3. The number of rotatable bonds is 4. The number of hydrogen-bond donors (Lipinski definition) is 2. The number of hydrogen-bond acceptors (Lipinski definition) is 5. The van der Waals surface area contributed by atoms with E-state index in [0.29, 0.717) is 11.4 Å². The van der Waals surface area contributed by atoms with Crippen LogP contribution in [0, 0.1) is 0 Å². The van der Waals surface area contributed by atoms with Crippen LogP contribution in [0.2, 0.25) is 0 Å². The van der Waals surface area contributed by atoms with Crippen molar-refractivity contribution in [3.8, 4) is 5.75 Å². The van der Waals surface area contributed by atoms with Crippen molar-refractivity contribution in [2.75, 3.05) is 17.6 Å². The van der Waals surface area contributed by atoms with Gasteiger partial charge in [0.25, 0.3) is 10.0 Å². The highest BCUT2D eigenvalue weighted by atomic mass is 32.2. The average Bonchev–Trinajstić information content (AvgIpc) is 2.69. The van der Waals surface area contributed by atoms with E-state index in [1.807, 2.05) is 0 Å². The molecule has 102 valence electrons. The van der Waals surface area contributed by atoms with Crippen LogP contribution in [-0.2, 0) is 17.1 Å². The Balaban J connectivity index is 2.39. The summed E-state index contributed by atoms with van der Waals surface area (Å²) in [7, 11) is -0.735. The zero-order valence-corrected chi connectivity index (χ0v) is 11.3. The van der Waals surface area contributed by atoms with E-state index in [9.17, 15) is 8.42 Å². The summed E-state index contributed by atoms with van der Waals surface area (Å²) in [5.41, 5.74) is 5.91.